The van der Waals surface area contributed by atoms with Crippen LogP contribution in [0, 0.1) is 13.8 Å². The van der Waals surface area contributed by atoms with Crippen LogP contribution >= 0.6 is 0 Å². The summed E-state index contributed by atoms with van der Waals surface area (Å²) in [6, 6.07) is 26.6. The maximum atomic E-state index is 4.96. The first-order chi connectivity index (χ1) is 15.5. The maximum Gasteiger partial charge on any atom is 3.00 e. The Morgan fingerprint density at radius 2 is 0.861 bits per heavy atom. The zero-order chi connectivity index (χ0) is 22.2. The van der Waals surface area contributed by atoms with Crippen molar-refractivity contribution in [3.05, 3.63) is 90.3 Å². The van der Waals surface area contributed by atoms with Crippen LogP contribution in [0.3, 0.4) is 0 Å². The molecule has 0 atom stereocenters. The number of hydrogen-bond acceptors (Lipinski definition) is 3. The molecule has 0 aliphatic carbocycles. The van der Waals surface area contributed by atoms with Crippen molar-refractivity contribution in [2.75, 3.05) is 0 Å². The van der Waals surface area contributed by atoms with Gasteiger partial charge in [0.05, 0.1) is 11.4 Å². The van der Waals surface area contributed by atoms with Crippen molar-refractivity contribution < 1.29 is 54.3 Å². The Balaban J connectivity index is 0.00000162. The average molecular weight is 582 g/mol. The fourth-order valence-corrected chi connectivity index (χ4v) is 4.04. The molecule has 5 nitrogen and oxygen atoms in total. The van der Waals surface area contributed by atoms with Gasteiger partial charge in [0.15, 0.2) is 11.6 Å². The summed E-state index contributed by atoms with van der Waals surface area (Å²) in [6.07, 6.45) is 0. The Morgan fingerprint density at radius 1 is 0.500 bits per heavy atom. The monoisotopic (exact) mass is 580 g/mol. The van der Waals surface area contributed by atoms with Gasteiger partial charge in [0, 0.05) is 36.6 Å². The van der Waals surface area contributed by atoms with Crippen LogP contribution in [0.25, 0.3) is 45.6 Å². The summed E-state index contributed by atoms with van der Waals surface area (Å²) in [7, 11) is 4.08. The summed E-state index contributed by atoms with van der Waals surface area (Å²) in [5, 5.41) is 0. The second-order valence-electron chi connectivity index (χ2n) is 8.00. The fraction of sp³-hybridized carbons (Fsp3) is 0.148. The molecule has 0 fully saturated rings. The Bertz CT molecular complexity index is 1310. The van der Waals surface area contributed by atoms with E-state index in [4.69, 9.17) is 15.0 Å². The maximum absolute atomic E-state index is 4.96. The molecule has 5 rings (SSSR count). The van der Waals surface area contributed by atoms with Crippen molar-refractivity contribution in [1.82, 2.24) is 24.1 Å². The number of rotatable bonds is 4. The van der Waals surface area contributed by atoms with E-state index < -0.39 is 0 Å². The molecule has 36 heavy (non-hydrogen) atoms. The summed E-state index contributed by atoms with van der Waals surface area (Å²) in [5.74, 6) is 1.69. The quantitative estimate of drug-likeness (QED) is 0.211. The van der Waals surface area contributed by atoms with Gasteiger partial charge in [-0.05, 0) is 26.0 Å². The van der Waals surface area contributed by atoms with E-state index in [0.29, 0.717) is 0 Å². The minimum absolute atomic E-state index is 0. The number of hydrogen-bond donors (Lipinski definition) is 0. The number of aromatic nitrogens is 5. The van der Waals surface area contributed by atoms with Gasteiger partial charge in [-0.1, -0.05) is 66.7 Å². The van der Waals surface area contributed by atoms with Crippen LogP contribution in [-0.2, 0) is 31.2 Å². The van der Waals surface area contributed by atoms with E-state index in [9.17, 15) is 0 Å². The Labute approximate surface area is 241 Å². The third-order valence-corrected chi connectivity index (χ3v) is 6.06. The van der Waals surface area contributed by atoms with E-state index in [1.54, 1.807) is 0 Å². The number of benzene rings is 2. The molecule has 0 N–H and O–H groups in total. The summed E-state index contributed by atoms with van der Waals surface area (Å²) < 4.78 is 4.21. The molecule has 0 unspecified atom stereocenters. The summed E-state index contributed by atoms with van der Waals surface area (Å²) in [6.45, 7) is 4.19. The first-order valence-electron chi connectivity index (χ1n) is 10.7. The molecular weight excluding hydrogens is 557 g/mol. The molecule has 0 bridgehead atoms. The summed E-state index contributed by atoms with van der Waals surface area (Å²) in [4.78, 5) is 14.9. The van der Waals surface area contributed by atoms with Crippen LogP contribution in [0.5, 0.6) is 0 Å². The van der Waals surface area contributed by atoms with Crippen LogP contribution in [0.4, 0.5) is 0 Å². The zero-order valence-electron chi connectivity index (χ0n) is 20.2. The van der Waals surface area contributed by atoms with Crippen LogP contribution in [-0.4, -0.2) is 24.1 Å². The normalized spacial score (nSPS) is 9.89. The molecule has 9 heteroatoms. The minimum atomic E-state index is 0. The van der Waals surface area contributed by atoms with Crippen molar-refractivity contribution in [3.63, 3.8) is 0 Å². The van der Waals surface area contributed by atoms with Gasteiger partial charge < -0.3 is 46.4 Å². The zero-order valence-corrected chi connectivity index (χ0v) is 23.6. The van der Waals surface area contributed by atoms with Crippen molar-refractivity contribution in [2.45, 2.75) is 13.8 Å². The van der Waals surface area contributed by atoms with Crippen LogP contribution < -0.4 is 37.2 Å². The van der Waals surface area contributed by atoms with Gasteiger partial charge in [-0.15, -0.1) is 0 Å². The van der Waals surface area contributed by atoms with Crippen molar-refractivity contribution >= 4 is 0 Å². The molecule has 0 aliphatic rings. The van der Waals surface area contributed by atoms with Gasteiger partial charge in [0.25, 0.3) is 0 Å². The van der Waals surface area contributed by atoms with E-state index in [2.05, 4.69) is 47.2 Å². The molecule has 0 amide bonds. The Hall–Kier alpha value is -2.60. The second kappa shape index (κ2) is 13.1. The third-order valence-electron chi connectivity index (χ3n) is 6.06. The van der Waals surface area contributed by atoms with E-state index in [0.717, 1.165) is 56.9 Å². The van der Waals surface area contributed by atoms with Gasteiger partial charge in [-0.25, -0.2) is 15.0 Å². The molecule has 187 valence electrons. The van der Waals surface area contributed by atoms with Gasteiger partial charge in [0.1, 0.15) is 11.4 Å². The van der Waals surface area contributed by atoms with Crippen molar-refractivity contribution in [1.29, 1.82) is 0 Å². The molecule has 0 saturated heterocycles. The standard InChI is InChI=1S/C27H25N5.3ClH.Fe/c1-18-24(20-12-7-5-8-13-20)29-26(31(18)3)22-16-11-17-23(28-22)27-30-25(19(2)32(27)4)21-14-9-6-10-15-21;;;;/h5-17H,1-4H3;3*1H;/q;;;;+3/p-3. The number of imidazole rings is 2. The van der Waals surface area contributed by atoms with E-state index in [1.165, 1.54) is 0 Å². The van der Waals surface area contributed by atoms with Crippen LogP contribution in [0.2, 0.25) is 0 Å². The van der Waals surface area contributed by atoms with E-state index in [-0.39, 0.29) is 54.3 Å². The average Bonchev–Trinajstić information content (AvgIpc) is 3.31. The smallest absolute Gasteiger partial charge is 1.00 e. The van der Waals surface area contributed by atoms with Crippen LogP contribution in [0.15, 0.2) is 78.9 Å². The first-order valence-corrected chi connectivity index (χ1v) is 10.7. The predicted octanol–water partition coefficient (Wildman–Crippen LogP) is -3.16. The first kappa shape index (κ1) is 31.4. The number of pyridine rings is 1. The SMILES string of the molecule is Cc1c(-c2ccccc2)nc(-c2cccc(-c3nc(-c4ccccc4)c(C)n3C)n2)n1C.[Cl-].[Cl-].[Cl-].[Fe+3]. The fourth-order valence-electron chi connectivity index (χ4n) is 4.04. The summed E-state index contributed by atoms with van der Waals surface area (Å²) >= 11 is 0. The molecule has 0 saturated carbocycles. The molecule has 3 aromatic heterocycles. The topological polar surface area (TPSA) is 48.5 Å². The van der Waals surface area contributed by atoms with Crippen LogP contribution in [0.1, 0.15) is 11.4 Å². The molecule has 0 aliphatic heterocycles. The molecule has 3 heterocycles. The van der Waals surface area contributed by atoms with Gasteiger partial charge in [-0.2, -0.15) is 0 Å². The molecule has 0 spiro atoms. The van der Waals surface area contributed by atoms with E-state index >= 15 is 0 Å². The molecule has 1 radical (unpaired) electrons. The van der Waals surface area contributed by atoms with Gasteiger partial charge in [0.2, 0.25) is 0 Å². The molecule has 5 aromatic rings. The Morgan fingerprint density at radius 3 is 1.22 bits per heavy atom. The summed E-state index contributed by atoms with van der Waals surface area (Å²) in [5.41, 5.74) is 8.05. The molecular formula is C27H25Cl3FeN5. The van der Waals surface area contributed by atoms with E-state index in [1.807, 2.05) is 68.7 Å². The largest absolute Gasteiger partial charge is 3.00 e. The molecule has 2 aromatic carbocycles. The van der Waals surface area contributed by atoms with Crippen molar-refractivity contribution in [3.8, 4) is 45.6 Å². The minimum Gasteiger partial charge on any atom is -1.00 e. The van der Waals surface area contributed by atoms with Gasteiger partial charge in [-0.3, -0.25) is 0 Å². The van der Waals surface area contributed by atoms with Crippen molar-refractivity contribution in [2.24, 2.45) is 14.1 Å². The second-order valence-corrected chi connectivity index (χ2v) is 8.00. The van der Waals surface area contributed by atoms with Gasteiger partial charge >= 0.3 is 17.1 Å². The number of halogens is 3. The number of nitrogens with zero attached hydrogens (tertiary/aromatic N) is 5. The third kappa shape index (κ3) is 5.69. The Kier molecular flexibility index (Phi) is 11.4. The predicted molar refractivity (Wildman–Crippen MR) is 129 cm³/mol.